The lowest BCUT2D eigenvalue weighted by atomic mass is 9.48. The van der Waals surface area contributed by atoms with Crippen molar-refractivity contribution in [2.75, 3.05) is 0 Å². The van der Waals surface area contributed by atoms with Gasteiger partial charge in [0.2, 0.25) is 17.4 Å². The summed E-state index contributed by atoms with van der Waals surface area (Å²) in [6.45, 7) is 3.34. The topological polar surface area (TPSA) is 83.5 Å². The van der Waals surface area contributed by atoms with Crippen LogP contribution >= 0.6 is 0 Å². The Morgan fingerprint density at radius 1 is 0.857 bits per heavy atom. The first-order valence-electron chi connectivity index (χ1n) is 10.6. The Morgan fingerprint density at radius 2 is 1.29 bits per heavy atom. The second-order valence-corrected chi connectivity index (χ2v) is 10.3. The maximum Gasteiger partial charge on any atom is 0.318 e. The minimum Gasteiger partial charge on any atom is -0.744 e. The second kappa shape index (κ2) is 7.63. The van der Waals surface area contributed by atoms with E-state index in [1.54, 1.807) is 26.0 Å². The maximum absolute atomic E-state index is 14.6. The van der Waals surface area contributed by atoms with Crippen molar-refractivity contribution in [2.45, 2.75) is 30.6 Å². The van der Waals surface area contributed by atoms with Crippen LogP contribution in [-0.2, 0) is 14.9 Å². The van der Waals surface area contributed by atoms with E-state index in [2.05, 4.69) is 0 Å². The number of hydrogen-bond acceptors (Lipinski definition) is 5. The molecular weight excluding hydrogens is 488 g/mol. The van der Waals surface area contributed by atoms with Crippen molar-refractivity contribution >= 4 is 16.1 Å². The van der Waals surface area contributed by atoms with Crippen molar-refractivity contribution in [2.24, 2.45) is 11.3 Å². The van der Waals surface area contributed by atoms with Gasteiger partial charge in [0.25, 0.3) is 0 Å². The molecule has 6 rings (SSSR count). The van der Waals surface area contributed by atoms with Gasteiger partial charge in [0.1, 0.15) is 15.0 Å². The normalized spacial score (nSPS) is 24.6. The zero-order valence-electron chi connectivity index (χ0n) is 18.3. The lowest BCUT2D eigenvalue weighted by Crippen LogP contribution is -2.52. The molecule has 0 N–H and O–H groups in total. The van der Waals surface area contributed by atoms with E-state index in [0.717, 1.165) is 22.3 Å². The summed E-state index contributed by atoms with van der Waals surface area (Å²) in [6.07, 6.45) is 0. The fourth-order valence-electron chi connectivity index (χ4n) is 5.65. The van der Waals surface area contributed by atoms with Crippen LogP contribution < -0.4 is 4.74 Å². The number of rotatable bonds is 3. The standard InChI is InChI=1S/C25H18F4O5S/c1-11-16-12-7-3-5-9-14(12)17(15-10-6-4-8-13(15)16)25(11,2)24(30)34-22-18(26)20(28)23(35(31,32)33)21(29)19(22)27/h3-11,16-17H,1-2H3,(H,31,32,33)/p-1. The van der Waals surface area contributed by atoms with Crippen molar-refractivity contribution < 1.29 is 40.1 Å². The number of fused-ring (bicyclic) bond motifs is 1. The summed E-state index contributed by atoms with van der Waals surface area (Å²) < 4.78 is 95.9. The Labute approximate surface area is 198 Å². The van der Waals surface area contributed by atoms with Crippen LogP contribution in [-0.4, -0.2) is 18.9 Å². The molecule has 10 heteroatoms. The molecule has 182 valence electrons. The molecule has 0 saturated heterocycles. The number of esters is 1. The van der Waals surface area contributed by atoms with Crippen LogP contribution in [0.2, 0.25) is 0 Å². The van der Waals surface area contributed by atoms with Crippen LogP contribution in [0.3, 0.4) is 0 Å². The number of carbonyl (C=O) groups is 1. The molecule has 0 aliphatic heterocycles. The Morgan fingerprint density at radius 3 is 1.71 bits per heavy atom. The van der Waals surface area contributed by atoms with Gasteiger partial charge in [0, 0.05) is 11.8 Å². The summed E-state index contributed by atoms with van der Waals surface area (Å²) >= 11 is 0. The van der Waals surface area contributed by atoms with Crippen LogP contribution in [0.4, 0.5) is 17.6 Å². The monoisotopic (exact) mass is 505 g/mol. The summed E-state index contributed by atoms with van der Waals surface area (Å²) in [5.74, 6) is -13.7. The highest BCUT2D eigenvalue weighted by molar-refractivity contribution is 7.85. The van der Waals surface area contributed by atoms with Gasteiger partial charge in [0.15, 0.2) is 11.6 Å². The van der Waals surface area contributed by atoms with E-state index < -0.39 is 67.3 Å². The minimum absolute atomic E-state index is 0.263. The zero-order valence-corrected chi connectivity index (χ0v) is 19.1. The molecule has 3 aliphatic carbocycles. The third-order valence-corrected chi connectivity index (χ3v) is 8.26. The smallest absolute Gasteiger partial charge is 0.318 e. The lowest BCUT2D eigenvalue weighted by molar-refractivity contribution is -0.151. The fraction of sp³-hybridized carbons (Fsp3) is 0.240. The van der Waals surface area contributed by atoms with Crippen molar-refractivity contribution in [3.05, 3.63) is 94.1 Å². The third kappa shape index (κ3) is 3.09. The molecule has 2 unspecified atom stereocenters. The molecule has 3 aromatic rings. The summed E-state index contributed by atoms with van der Waals surface area (Å²) in [6, 6.07) is 14.9. The SMILES string of the molecule is CC1C2c3ccccc3C(c3ccccc32)C1(C)C(=O)Oc1c(F)c(F)c(S(=O)(=O)[O-])c(F)c1F. The van der Waals surface area contributed by atoms with Crippen molar-refractivity contribution in [1.82, 2.24) is 0 Å². The summed E-state index contributed by atoms with van der Waals surface area (Å²) in [5.41, 5.74) is 2.21. The van der Waals surface area contributed by atoms with Gasteiger partial charge in [-0.25, -0.2) is 17.2 Å². The minimum atomic E-state index is -5.89. The van der Waals surface area contributed by atoms with Crippen LogP contribution in [0.15, 0.2) is 53.4 Å². The highest BCUT2D eigenvalue weighted by atomic mass is 32.2. The molecule has 0 saturated carbocycles. The molecule has 0 aromatic heterocycles. The molecule has 0 spiro atoms. The highest BCUT2D eigenvalue weighted by Crippen LogP contribution is 2.64. The molecule has 0 heterocycles. The van der Waals surface area contributed by atoms with Crippen molar-refractivity contribution in [1.29, 1.82) is 0 Å². The van der Waals surface area contributed by atoms with Crippen molar-refractivity contribution in [3.8, 4) is 5.75 Å². The fourth-order valence-corrected chi connectivity index (χ4v) is 6.27. The molecule has 2 bridgehead atoms. The van der Waals surface area contributed by atoms with Crippen LogP contribution in [0, 0.1) is 34.6 Å². The van der Waals surface area contributed by atoms with E-state index in [0.29, 0.717) is 0 Å². The van der Waals surface area contributed by atoms with Gasteiger partial charge < -0.3 is 9.29 Å². The lowest BCUT2D eigenvalue weighted by Gasteiger charge is -2.54. The first-order chi connectivity index (χ1) is 16.4. The van der Waals surface area contributed by atoms with Gasteiger partial charge in [-0.15, -0.1) is 0 Å². The summed E-state index contributed by atoms with van der Waals surface area (Å²) in [7, 11) is -5.89. The van der Waals surface area contributed by atoms with Gasteiger partial charge in [0.05, 0.1) is 5.41 Å². The Hall–Kier alpha value is -3.24. The van der Waals surface area contributed by atoms with E-state index >= 15 is 0 Å². The molecule has 0 amide bonds. The van der Waals surface area contributed by atoms with E-state index in [4.69, 9.17) is 4.74 Å². The Kier molecular flexibility index (Phi) is 5.12. The van der Waals surface area contributed by atoms with Crippen molar-refractivity contribution in [3.63, 3.8) is 0 Å². The summed E-state index contributed by atoms with van der Waals surface area (Å²) in [5, 5.41) is 0. The van der Waals surface area contributed by atoms with Gasteiger partial charge in [-0.05, 0) is 35.1 Å². The third-order valence-electron chi connectivity index (χ3n) is 7.40. The predicted molar refractivity (Wildman–Crippen MR) is 114 cm³/mol. The first-order valence-corrected chi connectivity index (χ1v) is 12.0. The first kappa shape index (κ1) is 23.5. The molecule has 0 radical (unpaired) electrons. The van der Waals surface area contributed by atoms with E-state index in [1.807, 2.05) is 36.4 Å². The number of carbonyl (C=O) groups excluding carboxylic acids is 1. The molecule has 3 aliphatic rings. The van der Waals surface area contributed by atoms with Gasteiger partial charge in [-0.3, -0.25) is 4.79 Å². The van der Waals surface area contributed by atoms with Gasteiger partial charge >= 0.3 is 5.97 Å². The van der Waals surface area contributed by atoms with Crippen LogP contribution in [0.25, 0.3) is 0 Å². The molecule has 2 atom stereocenters. The molecular formula is C25H17F4O5S-. The number of hydrogen-bond donors (Lipinski definition) is 0. The number of benzene rings is 3. The van der Waals surface area contributed by atoms with Gasteiger partial charge in [-0.2, -0.15) is 8.78 Å². The average molecular weight is 505 g/mol. The van der Waals surface area contributed by atoms with Crippen LogP contribution in [0.5, 0.6) is 5.75 Å². The largest absolute Gasteiger partial charge is 0.744 e. The molecule has 35 heavy (non-hydrogen) atoms. The second-order valence-electron chi connectivity index (χ2n) is 9.00. The Balaban J connectivity index is 1.65. The van der Waals surface area contributed by atoms with Crippen LogP contribution in [0.1, 0.15) is 47.9 Å². The number of halogens is 4. The molecule has 5 nitrogen and oxygen atoms in total. The van der Waals surface area contributed by atoms with Gasteiger partial charge in [-0.1, -0.05) is 55.5 Å². The van der Waals surface area contributed by atoms with E-state index in [9.17, 15) is 35.3 Å². The Bertz CT molecular complexity index is 1440. The summed E-state index contributed by atoms with van der Waals surface area (Å²) in [4.78, 5) is 11.2. The van der Waals surface area contributed by atoms with E-state index in [-0.39, 0.29) is 5.92 Å². The maximum atomic E-state index is 14.6. The van der Waals surface area contributed by atoms with E-state index in [1.165, 1.54) is 0 Å². The quantitative estimate of drug-likeness (QED) is 0.165. The average Bonchev–Trinajstić information content (AvgIpc) is 2.81. The predicted octanol–water partition coefficient (Wildman–Crippen LogP) is 4.99. The zero-order chi connectivity index (χ0) is 25.4. The highest BCUT2D eigenvalue weighted by Gasteiger charge is 2.59. The number of ether oxygens (including phenoxy) is 1. The molecule has 0 fully saturated rings. The molecule has 3 aromatic carbocycles.